The van der Waals surface area contributed by atoms with Crippen molar-refractivity contribution < 1.29 is 9.59 Å². The highest BCUT2D eigenvalue weighted by Crippen LogP contribution is 2.28. The lowest BCUT2D eigenvalue weighted by Gasteiger charge is -2.37. The Hall–Kier alpha value is -0.810. The molecule has 1 heterocycles. The molecule has 0 atom stereocenters. The number of carbonyl (C=O) groups excluding carboxylic acids is 2. The van der Waals surface area contributed by atoms with Gasteiger partial charge >= 0.3 is 0 Å². The first-order valence-corrected chi connectivity index (χ1v) is 6.90. The predicted octanol–water partition coefficient (Wildman–Crippen LogP) is 0.583. The molecule has 0 spiro atoms. The van der Waals surface area contributed by atoms with Crippen LogP contribution in [0, 0.1) is 5.92 Å². The van der Waals surface area contributed by atoms with E-state index < -0.39 is 5.54 Å². The lowest BCUT2D eigenvalue weighted by atomic mass is 9.80. The maximum absolute atomic E-state index is 12.4. The molecule has 0 unspecified atom stereocenters. The average molecular weight is 290 g/mol. The minimum atomic E-state index is -0.652. The summed E-state index contributed by atoms with van der Waals surface area (Å²) >= 11 is 0. The summed E-state index contributed by atoms with van der Waals surface area (Å²) in [6.07, 6.45) is 4.71. The minimum Gasteiger partial charge on any atom is -0.354 e. The highest BCUT2D eigenvalue weighted by Gasteiger charge is 2.40. The van der Waals surface area contributed by atoms with Crippen molar-refractivity contribution in [2.75, 3.05) is 19.6 Å². The van der Waals surface area contributed by atoms with Crippen LogP contribution in [0.4, 0.5) is 0 Å². The Balaban J connectivity index is 0.00000180. The predicted molar refractivity (Wildman–Crippen MR) is 76.3 cm³/mol. The number of hydrogen-bond donors (Lipinski definition) is 3. The first kappa shape index (κ1) is 16.2. The summed E-state index contributed by atoms with van der Waals surface area (Å²) in [4.78, 5) is 23.7. The number of carbonyl (C=O) groups is 2. The minimum absolute atomic E-state index is 0. The molecule has 1 aliphatic heterocycles. The van der Waals surface area contributed by atoms with Gasteiger partial charge in [0.2, 0.25) is 11.8 Å². The first-order valence-electron chi connectivity index (χ1n) is 6.90. The maximum atomic E-state index is 12.4. The van der Waals surface area contributed by atoms with Crippen LogP contribution in [0.15, 0.2) is 0 Å². The van der Waals surface area contributed by atoms with E-state index in [1.165, 1.54) is 6.92 Å². The lowest BCUT2D eigenvalue weighted by molar-refractivity contribution is -0.134. The molecule has 0 bridgehead atoms. The summed E-state index contributed by atoms with van der Waals surface area (Å²) in [5.74, 6) is 0.438. The van der Waals surface area contributed by atoms with Crippen molar-refractivity contribution in [1.29, 1.82) is 0 Å². The van der Waals surface area contributed by atoms with E-state index in [0.717, 1.165) is 45.2 Å². The van der Waals surface area contributed by atoms with Gasteiger partial charge in [-0.2, -0.15) is 0 Å². The fraction of sp³-hybridized carbons (Fsp3) is 0.846. The average Bonchev–Trinajstić information content (AvgIpc) is 2.27. The van der Waals surface area contributed by atoms with Crippen molar-refractivity contribution in [3.05, 3.63) is 0 Å². The van der Waals surface area contributed by atoms with Gasteiger partial charge in [0.25, 0.3) is 0 Å². The van der Waals surface area contributed by atoms with Crippen LogP contribution in [0.2, 0.25) is 0 Å². The van der Waals surface area contributed by atoms with Gasteiger partial charge in [0.15, 0.2) is 0 Å². The van der Waals surface area contributed by atoms with Gasteiger partial charge < -0.3 is 16.0 Å². The third kappa shape index (κ3) is 4.08. The van der Waals surface area contributed by atoms with Gasteiger partial charge in [0.1, 0.15) is 5.54 Å². The molecule has 1 saturated heterocycles. The molecule has 0 aromatic rings. The smallest absolute Gasteiger partial charge is 0.245 e. The number of halogens is 1. The van der Waals surface area contributed by atoms with E-state index in [1.54, 1.807) is 0 Å². The summed E-state index contributed by atoms with van der Waals surface area (Å²) < 4.78 is 0. The van der Waals surface area contributed by atoms with Crippen LogP contribution in [0.5, 0.6) is 0 Å². The summed E-state index contributed by atoms with van der Waals surface area (Å²) in [5, 5.41) is 9.08. The van der Waals surface area contributed by atoms with Crippen LogP contribution in [0.3, 0.4) is 0 Å². The van der Waals surface area contributed by atoms with Gasteiger partial charge in [-0.3, -0.25) is 9.59 Å². The van der Waals surface area contributed by atoms with Crippen LogP contribution in [-0.2, 0) is 9.59 Å². The number of rotatable bonds is 4. The van der Waals surface area contributed by atoms with E-state index in [1.807, 2.05) is 0 Å². The molecule has 5 nitrogen and oxygen atoms in total. The fourth-order valence-electron chi connectivity index (χ4n) is 2.80. The molecule has 1 aliphatic carbocycles. The third-order valence-electron chi connectivity index (χ3n) is 3.97. The molecule has 2 amide bonds. The second kappa shape index (κ2) is 7.10. The topological polar surface area (TPSA) is 70.2 Å². The van der Waals surface area contributed by atoms with Crippen molar-refractivity contribution in [3.63, 3.8) is 0 Å². The van der Waals surface area contributed by atoms with Crippen LogP contribution < -0.4 is 16.0 Å². The highest BCUT2D eigenvalue weighted by molar-refractivity contribution is 5.91. The Kier molecular flexibility index (Phi) is 6.07. The molecule has 2 aliphatic rings. The zero-order valence-corrected chi connectivity index (χ0v) is 12.3. The molecule has 110 valence electrons. The molecule has 2 fully saturated rings. The quantitative estimate of drug-likeness (QED) is 0.709. The SMILES string of the molecule is CC(=O)NC1(C(=O)NCC2CNC2)CCCCC1.Cl. The van der Waals surface area contributed by atoms with Crippen molar-refractivity contribution in [2.24, 2.45) is 5.92 Å². The molecule has 2 rings (SSSR count). The van der Waals surface area contributed by atoms with Gasteiger partial charge in [-0.25, -0.2) is 0 Å². The zero-order chi connectivity index (χ0) is 13.0. The van der Waals surface area contributed by atoms with E-state index in [2.05, 4.69) is 16.0 Å². The standard InChI is InChI=1S/C13H23N3O2.ClH/c1-10(17)16-13(5-3-2-4-6-13)12(18)15-9-11-7-14-8-11;/h11,14H,2-9H2,1H3,(H,15,18)(H,16,17);1H. The van der Waals surface area contributed by atoms with Crippen LogP contribution in [0.25, 0.3) is 0 Å². The number of amides is 2. The van der Waals surface area contributed by atoms with Crippen LogP contribution >= 0.6 is 12.4 Å². The van der Waals surface area contributed by atoms with Crippen molar-refractivity contribution in [1.82, 2.24) is 16.0 Å². The molecular formula is C13H24ClN3O2. The second-order valence-electron chi connectivity index (χ2n) is 5.56. The zero-order valence-electron chi connectivity index (χ0n) is 11.5. The molecule has 0 aromatic heterocycles. The summed E-state index contributed by atoms with van der Waals surface area (Å²) in [6.45, 7) is 4.16. The summed E-state index contributed by atoms with van der Waals surface area (Å²) in [7, 11) is 0. The van der Waals surface area contributed by atoms with E-state index >= 15 is 0 Å². The van der Waals surface area contributed by atoms with Crippen LogP contribution in [0.1, 0.15) is 39.0 Å². The molecule has 1 saturated carbocycles. The number of nitrogens with one attached hydrogen (secondary N) is 3. The van der Waals surface area contributed by atoms with E-state index in [9.17, 15) is 9.59 Å². The van der Waals surface area contributed by atoms with Crippen LogP contribution in [-0.4, -0.2) is 37.0 Å². The number of hydrogen-bond acceptors (Lipinski definition) is 3. The first-order chi connectivity index (χ1) is 8.62. The van der Waals surface area contributed by atoms with Crippen molar-refractivity contribution in [2.45, 2.75) is 44.6 Å². The fourth-order valence-corrected chi connectivity index (χ4v) is 2.80. The molecule has 19 heavy (non-hydrogen) atoms. The maximum Gasteiger partial charge on any atom is 0.245 e. The second-order valence-corrected chi connectivity index (χ2v) is 5.56. The Bertz CT molecular complexity index is 326. The molecular weight excluding hydrogens is 266 g/mol. The third-order valence-corrected chi connectivity index (χ3v) is 3.97. The Morgan fingerprint density at radius 2 is 1.84 bits per heavy atom. The largest absolute Gasteiger partial charge is 0.354 e. The molecule has 0 aromatic carbocycles. The monoisotopic (exact) mass is 289 g/mol. The van der Waals surface area contributed by atoms with Crippen molar-refractivity contribution in [3.8, 4) is 0 Å². The molecule has 6 heteroatoms. The molecule has 0 radical (unpaired) electrons. The van der Waals surface area contributed by atoms with Gasteiger partial charge in [0, 0.05) is 32.5 Å². The highest BCUT2D eigenvalue weighted by atomic mass is 35.5. The van der Waals surface area contributed by atoms with Gasteiger partial charge in [-0.15, -0.1) is 12.4 Å². The van der Waals surface area contributed by atoms with Crippen molar-refractivity contribution >= 4 is 24.2 Å². The van der Waals surface area contributed by atoms with Gasteiger partial charge in [-0.05, 0) is 12.8 Å². The summed E-state index contributed by atoms with van der Waals surface area (Å²) in [5.41, 5.74) is -0.652. The van der Waals surface area contributed by atoms with E-state index in [0.29, 0.717) is 12.5 Å². The molecule has 3 N–H and O–H groups in total. The summed E-state index contributed by atoms with van der Waals surface area (Å²) in [6, 6.07) is 0. The Morgan fingerprint density at radius 1 is 1.21 bits per heavy atom. The van der Waals surface area contributed by atoms with Gasteiger partial charge in [0.05, 0.1) is 0 Å². The van der Waals surface area contributed by atoms with Gasteiger partial charge in [-0.1, -0.05) is 19.3 Å². The van der Waals surface area contributed by atoms with E-state index in [-0.39, 0.29) is 24.2 Å². The Labute approximate surface area is 120 Å². The lowest BCUT2D eigenvalue weighted by Crippen LogP contribution is -2.60. The van der Waals surface area contributed by atoms with E-state index in [4.69, 9.17) is 0 Å². The Morgan fingerprint density at radius 3 is 2.32 bits per heavy atom. The normalized spacial score (nSPS) is 21.7.